The van der Waals surface area contributed by atoms with Gasteiger partial charge >= 0.3 is 0 Å². The maximum Gasteiger partial charge on any atom is 0.00909 e. The first kappa shape index (κ1) is 12.2. The fraction of sp³-hybridized carbons (Fsp3) is 0.647. The predicted molar refractivity (Wildman–Crippen MR) is 76.9 cm³/mol. The molecule has 1 heteroatoms. The first-order valence-corrected chi connectivity index (χ1v) is 7.47. The quantitative estimate of drug-likeness (QED) is 0.776. The maximum atomic E-state index is 3.67. The Hall–Kier alpha value is -0.820. The van der Waals surface area contributed by atoms with Crippen molar-refractivity contribution in [3.8, 4) is 0 Å². The minimum Gasteiger partial charge on any atom is -0.316 e. The van der Waals surface area contributed by atoms with Gasteiger partial charge in [-0.1, -0.05) is 31.2 Å². The minimum atomic E-state index is 0.441. The second-order valence-corrected chi connectivity index (χ2v) is 6.63. The van der Waals surface area contributed by atoms with E-state index in [1.807, 2.05) is 0 Å². The highest BCUT2D eigenvalue weighted by Gasteiger charge is 2.61. The van der Waals surface area contributed by atoms with Crippen LogP contribution >= 0.6 is 0 Å². The highest BCUT2D eigenvalue weighted by Crippen LogP contribution is 2.68. The van der Waals surface area contributed by atoms with E-state index >= 15 is 0 Å². The van der Waals surface area contributed by atoms with E-state index in [9.17, 15) is 0 Å². The molecule has 0 aromatic heterocycles. The molecule has 3 rings (SSSR count). The number of benzene rings is 1. The van der Waals surface area contributed by atoms with Crippen LogP contribution in [0.5, 0.6) is 0 Å². The van der Waals surface area contributed by atoms with E-state index in [2.05, 4.69) is 43.4 Å². The molecule has 18 heavy (non-hydrogen) atoms. The van der Waals surface area contributed by atoms with E-state index in [4.69, 9.17) is 0 Å². The molecule has 1 nitrogen and oxygen atoms in total. The summed E-state index contributed by atoms with van der Waals surface area (Å²) in [6.45, 7) is 6.85. The molecule has 2 saturated carbocycles. The molecule has 1 aromatic rings. The van der Waals surface area contributed by atoms with Crippen molar-refractivity contribution in [2.24, 2.45) is 5.41 Å². The van der Waals surface area contributed by atoms with Crippen molar-refractivity contribution < 1.29 is 0 Å². The van der Waals surface area contributed by atoms with E-state index in [0.29, 0.717) is 5.41 Å². The lowest BCUT2D eigenvalue weighted by Crippen LogP contribution is -2.50. The van der Waals surface area contributed by atoms with Gasteiger partial charge in [0, 0.05) is 12.0 Å². The number of rotatable bonds is 5. The van der Waals surface area contributed by atoms with E-state index in [1.54, 1.807) is 5.56 Å². The van der Waals surface area contributed by atoms with Gasteiger partial charge in [0.1, 0.15) is 0 Å². The van der Waals surface area contributed by atoms with Crippen LogP contribution in [-0.2, 0) is 5.41 Å². The SMILES string of the molecule is CCCNCC1(c2ccccc2C)CC2(CC2)C1. The Balaban J connectivity index is 1.80. The van der Waals surface area contributed by atoms with Crippen LogP contribution in [0.4, 0.5) is 0 Å². The molecule has 98 valence electrons. The average molecular weight is 243 g/mol. The molecule has 2 aliphatic rings. The molecule has 1 aromatic carbocycles. The summed E-state index contributed by atoms with van der Waals surface area (Å²) in [5, 5.41) is 3.67. The van der Waals surface area contributed by atoms with Crippen molar-refractivity contribution in [2.45, 2.75) is 51.4 Å². The number of aryl methyl sites for hydroxylation is 1. The summed E-state index contributed by atoms with van der Waals surface area (Å²) >= 11 is 0. The Kier molecular flexibility index (Phi) is 2.97. The first-order chi connectivity index (χ1) is 8.70. The molecule has 1 N–H and O–H groups in total. The molecule has 0 saturated heterocycles. The lowest BCUT2D eigenvalue weighted by atomic mass is 9.55. The van der Waals surface area contributed by atoms with E-state index in [-0.39, 0.29) is 0 Å². The van der Waals surface area contributed by atoms with Crippen molar-refractivity contribution in [1.29, 1.82) is 0 Å². The molecule has 0 radical (unpaired) electrons. The van der Waals surface area contributed by atoms with Crippen molar-refractivity contribution in [3.05, 3.63) is 35.4 Å². The summed E-state index contributed by atoms with van der Waals surface area (Å²) in [4.78, 5) is 0. The lowest BCUT2D eigenvalue weighted by Gasteiger charge is -2.50. The van der Waals surface area contributed by atoms with Crippen LogP contribution in [0, 0.1) is 12.3 Å². The highest BCUT2D eigenvalue weighted by atomic mass is 14.9. The molecule has 0 heterocycles. The third kappa shape index (κ3) is 1.99. The van der Waals surface area contributed by atoms with Crippen LogP contribution in [0.15, 0.2) is 24.3 Å². The third-order valence-electron chi connectivity index (χ3n) is 4.99. The van der Waals surface area contributed by atoms with Crippen molar-refractivity contribution in [3.63, 3.8) is 0 Å². The van der Waals surface area contributed by atoms with Crippen LogP contribution < -0.4 is 5.32 Å². The Bertz CT molecular complexity index is 423. The van der Waals surface area contributed by atoms with Gasteiger partial charge in [-0.15, -0.1) is 0 Å². The summed E-state index contributed by atoms with van der Waals surface area (Å²) in [5.74, 6) is 0. The average Bonchev–Trinajstić information content (AvgIpc) is 3.09. The summed E-state index contributed by atoms with van der Waals surface area (Å²) in [7, 11) is 0. The van der Waals surface area contributed by atoms with E-state index < -0.39 is 0 Å². The number of hydrogen-bond acceptors (Lipinski definition) is 1. The van der Waals surface area contributed by atoms with Gasteiger partial charge in [-0.3, -0.25) is 0 Å². The van der Waals surface area contributed by atoms with Gasteiger partial charge in [-0.05, 0) is 62.1 Å². The maximum absolute atomic E-state index is 3.67. The number of nitrogens with one attached hydrogen (secondary N) is 1. The van der Waals surface area contributed by atoms with Gasteiger partial charge in [-0.2, -0.15) is 0 Å². The van der Waals surface area contributed by atoms with E-state index in [1.165, 1.54) is 44.2 Å². The summed E-state index contributed by atoms with van der Waals surface area (Å²) in [6.07, 6.45) is 7.03. The van der Waals surface area contributed by atoms with Gasteiger partial charge in [0.25, 0.3) is 0 Å². The molecule has 0 atom stereocenters. The molecular formula is C17H25N. The summed E-state index contributed by atoms with van der Waals surface area (Å²) in [5.41, 5.74) is 4.28. The van der Waals surface area contributed by atoms with Gasteiger partial charge in [0.2, 0.25) is 0 Å². The van der Waals surface area contributed by atoms with Crippen molar-refractivity contribution in [2.75, 3.05) is 13.1 Å². The predicted octanol–water partition coefficient (Wildman–Crippen LogP) is 3.81. The second kappa shape index (κ2) is 4.38. The molecular weight excluding hydrogens is 218 g/mol. The zero-order valence-electron chi connectivity index (χ0n) is 11.8. The Morgan fingerprint density at radius 2 is 1.89 bits per heavy atom. The molecule has 0 unspecified atom stereocenters. The number of hydrogen-bond donors (Lipinski definition) is 1. The largest absolute Gasteiger partial charge is 0.316 e. The summed E-state index contributed by atoms with van der Waals surface area (Å²) in [6, 6.07) is 9.01. The van der Waals surface area contributed by atoms with Crippen LogP contribution in [0.2, 0.25) is 0 Å². The van der Waals surface area contributed by atoms with Crippen LogP contribution in [0.1, 0.15) is 50.2 Å². The fourth-order valence-corrected chi connectivity index (χ4v) is 4.00. The molecule has 2 aliphatic carbocycles. The normalized spacial score (nSPS) is 22.8. The second-order valence-electron chi connectivity index (χ2n) is 6.63. The lowest BCUT2D eigenvalue weighted by molar-refractivity contribution is 0.116. The van der Waals surface area contributed by atoms with Gasteiger partial charge < -0.3 is 5.32 Å². The Morgan fingerprint density at radius 3 is 2.50 bits per heavy atom. The van der Waals surface area contributed by atoms with Gasteiger partial charge in [0.05, 0.1) is 0 Å². The molecule has 2 fully saturated rings. The van der Waals surface area contributed by atoms with Crippen LogP contribution in [0.25, 0.3) is 0 Å². The smallest absolute Gasteiger partial charge is 0.00909 e. The van der Waals surface area contributed by atoms with Gasteiger partial charge in [0.15, 0.2) is 0 Å². The van der Waals surface area contributed by atoms with Crippen LogP contribution in [-0.4, -0.2) is 13.1 Å². The zero-order valence-corrected chi connectivity index (χ0v) is 11.8. The third-order valence-corrected chi connectivity index (χ3v) is 4.99. The molecule has 0 aliphatic heterocycles. The minimum absolute atomic E-state index is 0.441. The van der Waals surface area contributed by atoms with E-state index in [0.717, 1.165) is 12.0 Å². The molecule has 0 bridgehead atoms. The van der Waals surface area contributed by atoms with Gasteiger partial charge in [-0.25, -0.2) is 0 Å². The summed E-state index contributed by atoms with van der Waals surface area (Å²) < 4.78 is 0. The first-order valence-electron chi connectivity index (χ1n) is 7.47. The fourth-order valence-electron chi connectivity index (χ4n) is 4.00. The molecule has 1 spiro atoms. The Morgan fingerprint density at radius 1 is 1.17 bits per heavy atom. The van der Waals surface area contributed by atoms with Crippen molar-refractivity contribution in [1.82, 2.24) is 5.32 Å². The highest BCUT2D eigenvalue weighted by molar-refractivity contribution is 5.39. The standard InChI is InChI=1S/C17H25N/c1-3-10-18-13-17(11-16(12-17)8-9-16)15-7-5-4-6-14(15)2/h4-7,18H,3,8-13H2,1-2H3. The van der Waals surface area contributed by atoms with Crippen molar-refractivity contribution >= 4 is 0 Å². The molecule has 0 amide bonds. The monoisotopic (exact) mass is 243 g/mol. The van der Waals surface area contributed by atoms with Crippen LogP contribution in [0.3, 0.4) is 0 Å². The Labute approximate surface area is 111 Å². The zero-order chi connectivity index (χ0) is 12.6. The topological polar surface area (TPSA) is 12.0 Å².